The first-order valence-electron chi connectivity index (χ1n) is 8.17. The van der Waals surface area contributed by atoms with Gasteiger partial charge in [-0.15, -0.1) is 0 Å². The number of amides is 1. The number of rotatable bonds is 5. The average Bonchev–Trinajstić information content (AvgIpc) is 2.97. The summed E-state index contributed by atoms with van der Waals surface area (Å²) in [4.78, 5) is 22.2. The third kappa shape index (κ3) is 3.90. The number of non-ortho nitro benzene ring substituents is 1. The maximum atomic E-state index is 12.1. The molecule has 8 heteroatoms. The molecule has 0 aliphatic rings. The second-order valence-corrected chi connectivity index (χ2v) is 5.83. The largest absolute Gasteiger partial charge is 0.271 e. The molecule has 1 aromatic heterocycles. The van der Waals surface area contributed by atoms with Crippen molar-refractivity contribution in [2.45, 2.75) is 13.8 Å². The zero-order valence-corrected chi connectivity index (χ0v) is 14.8. The Hall–Kier alpha value is -3.81. The van der Waals surface area contributed by atoms with Gasteiger partial charge in [-0.3, -0.25) is 14.9 Å². The fraction of sp³-hybridized carbons (Fsp3) is 0.105. The minimum Gasteiger partial charge on any atom is -0.267 e. The molecular weight excluding hydrogens is 346 g/mol. The number of aromatic nitrogens is 2. The van der Waals surface area contributed by atoms with Crippen molar-refractivity contribution in [1.29, 1.82) is 0 Å². The summed E-state index contributed by atoms with van der Waals surface area (Å²) in [5.74, 6) is -0.452. The molecule has 0 aliphatic carbocycles. The van der Waals surface area contributed by atoms with Crippen LogP contribution in [0.1, 0.15) is 27.3 Å². The fourth-order valence-electron chi connectivity index (χ4n) is 2.62. The van der Waals surface area contributed by atoms with Gasteiger partial charge < -0.3 is 0 Å². The molecule has 0 saturated carbocycles. The Morgan fingerprint density at radius 3 is 2.44 bits per heavy atom. The van der Waals surface area contributed by atoms with Crippen LogP contribution in [-0.2, 0) is 0 Å². The van der Waals surface area contributed by atoms with Crippen LogP contribution < -0.4 is 5.43 Å². The van der Waals surface area contributed by atoms with Crippen LogP contribution in [0.4, 0.5) is 5.69 Å². The molecule has 0 saturated heterocycles. The number of nitro benzene ring substituents is 1. The fourth-order valence-corrected chi connectivity index (χ4v) is 2.62. The topological polar surface area (TPSA) is 102 Å². The minimum atomic E-state index is -0.518. The average molecular weight is 363 g/mol. The van der Waals surface area contributed by atoms with Crippen LogP contribution >= 0.6 is 0 Å². The normalized spacial score (nSPS) is 10.9. The molecule has 1 amide bonds. The summed E-state index contributed by atoms with van der Waals surface area (Å²) in [6.07, 6.45) is 1.54. The lowest BCUT2D eigenvalue weighted by atomic mass is 10.2. The number of aryl methyl sites for hydroxylation is 1. The van der Waals surface area contributed by atoms with Gasteiger partial charge in [-0.2, -0.15) is 10.2 Å². The Bertz CT molecular complexity index is 1010. The summed E-state index contributed by atoms with van der Waals surface area (Å²) >= 11 is 0. The zero-order chi connectivity index (χ0) is 19.4. The van der Waals surface area contributed by atoms with Gasteiger partial charge >= 0.3 is 0 Å². The van der Waals surface area contributed by atoms with Crippen molar-refractivity contribution in [3.8, 4) is 5.69 Å². The smallest absolute Gasteiger partial charge is 0.267 e. The molecule has 0 unspecified atom stereocenters. The van der Waals surface area contributed by atoms with Crippen LogP contribution in [0.5, 0.6) is 0 Å². The molecule has 3 aromatic rings. The summed E-state index contributed by atoms with van der Waals surface area (Å²) in [5, 5.41) is 19.2. The van der Waals surface area contributed by atoms with E-state index in [9.17, 15) is 14.9 Å². The first-order chi connectivity index (χ1) is 13.0. The molecule has 0 aliphatic heterocycles. The van der Waals surface area contributed by atoms with E-state index in [0.29, 0.717) is 0 Å². The molecular formula is C19H17N5O3. The van der Waals surface area contributed by atoms with E-state index >= 15 is 0 Å². The lowest BCUT2D eigenvalue weighted by Crippen LogP contribution is -2.17. The molecule has 1 N–H and O–H groups in total. The van der Waals surface area contributed by atoms with Crippen molar-refractivity contribution in [1.82, 2.24) is 15.2 Å². The van der Waals surface area contributed by atoms with E-state index < -0.39 is 10.8 Å². The van der Waals surface area contributed by atoms with Crippen molar-refractivity contribution >= 4 is 17.8 Å². The Balaban J connectivity index is 1.74. The number of nitrogens with zero attached hydrogens (tertiary/aromatic N) is 4. The zero-order valence-electron chi connectivity index (χ0n) is 14.8. The molecule has 136 valence electrons. The van der Waals surface area contributed by atoms with Gasteiger partial charge in [0.2, 0.25) is 0 Å². The van der Waals surface area contributed by atoms with Gasteiger partial charge in [0, 0.05) is 23.3 Å². The van der Waals surface area contributed by atoms with Crippen LogP contribution in [-0.4, -0.2) is 26.8 Å². The molecule has 2 aromatic carbocycles. The summed E-state index contributed by atoms with van der Waals surface area (Å²) in [5.41, 5.74) is 6.06. The van der Waals surface area contributed by atoms with Gasteiger partial charge in [-0.1, -0.05) is 18.2 Å². The van der Waals surface area contributed by atoms with E-state index in [-0.39, 0.29) is 11.3 Å². The van der Waals surface area contributed by atoms with E-state index in [4.69, 9.17) is 0 Å². The van der Waals surface area contributed by atoms with E-state index in [0.717, 1.165) is 22.6 Å². The number of benzene rings is 2. The lowest BCUT2D eigenvalue weighted by molar-refractivity contribution is -0.384. The highest BCUT2D eigenvalue weighted by Crippen LogP contribution is 2.16. The van der Waals surface area contributed by atoms with Crippen molar-refractivity contribution < 1.29 is 9.72 Å². The second kappa shape index (κ2) is 7.61. The number of carbonyl (C=O) groups is 1. The lowest BCUT2D eigenvalue weighted by Gasteiger charge is -2.03. The van der Waals surface area contributed by atoms with Crippen LogP contribution in [0.2, 0.25) is 0 Å². The maximum absolute atomic E-state index is 12.1. The number of nitro groups is 1. The summed E-state index contributed by atoms with van der Waals surface area (Å²) < 4.78 is 1.81. The molecule has 0 fully saturated rings. The third-order valence-electron chi connectivity index (χ3n) is 4.05. The third-order valence-corrected chi connectivity index (χ3v) is 4.05. The van der Waals surface area contributed by atoms with Gasteiger partial charge in [0.25, 0.3) is 11.6 Å². The van der Waals surface area contributed by atoms with E-state index in [1.807, 2.05) is 48.9 Å². The number of para-hydroxylation sites is 1. The molecule has 0 atom stereocenters. The van der Waals surface area contributed by atoms with Gasteiger partial charge in [0.1, 0.15) is 0 Å². The Kier molecular flexibility index (Phi) is 5.07. The first-order valence-corrected chi connectivity index (χ1v) is 8.17. The highest BCUT2D eigenvalue weighted by atomic mass is 16.6. The Morgan fingerprint density at radius 1 is 1.15 bits per heavy atom. The Morgan fingerprint density at radius 2 is 1.81 bits per heavy atom. The first kappa shape index (κ1) is 18.0. The number of carbonyl (C=O) groups excluding carboxylic acids is 1. The van der Waals surface area contributed by atoms with Crippen molar-refractivity contribution in [3.63, 3.8) is 0 Å². The summed E-state index contributed by atoms with van der Waals surface area (Å²) in [7, 11) is 0. The Labute approximate surface area is 155 Å². The van der Waals surface area contributed by atoms with Gasteiger partial charge in [-0.05, 0) is 38.1 Å². The van der Waals surface area contributed by atoms with Crippen LogP contribution in [0.15, 0.2) is 59.7 Å². The van der Waals surface area contributed by atoms with Gasteiger partial charge in [-0.25, -0.2) is 10.1 Å². The van der Waals surface area contributed by atoms with Crippen molar-refractivity contribution in [2.75, 3.05) is 0 Å². The molecule has 0 bridgehead atoms. The predicted molar refractivity (Wildman–Crippen MR) is 101 cm³/mol. The molecule has 27 heavy (non-hydrogen) atoms. The summed E-state index contributed by atoms with van der Waals surface area (Å²) in [6.45, 7) is 3.79. The van der Waals surface area contributed by atoms with E-state index in [1.165, 1.54) is 24.3 Å². The van der Waals surface area contributed by atoms with E-state index in [2.05, 4.69) is 15.6 Å². The molecule has 1 heterocycles. The van der Waals surface area contributed by atoms with Crippen molar-refractivity contribution in [3.05, 3.63) is 87.2 Å². The molecule has 3 rings (SSSR count). The predicted octanol–water partition coefficient (Wildman–Crippen LogP) is 3.16. The number of nitrogens with one attached hydrogen (secondary N) is 1. The number of hydrazone groups is 1. The van der Waals surface area contributed by atoms with Gasteiger partial charge in [0.05, 0.1) is 28.2 Å². The summed E-state index contributed by atoms with van der Waals surface area (Å²) in [6, 6.07) is 15.0. The number of hydrogen-bond donors (Lipinski definition) is 1. The maximum Gasteiger partial charge on any atom is 0.271 e. The van der Waals surface area contributed by atoms with Gasteiger partial charge in [0.15, 0.2) is 0 Å². The number of hydrogen-bond acceptors (Lipinski definition) is 5. The molecule has 0 spiro atoms. The second-order valence-electron chi connectivity index (χ2n) is 5.83. The van der Waals surface area contributed by atoms with Crippen LogP contribution in [0.3, 0.4) is 0 Å². The minimum absolute atomic E-state index is 0.0744. The van der Waals surface area contributed by atoms with E-state index in [1.54, 1.807) is 6.21 Å². The van der Waals surface area contributed by atoms with Crippen LogP contribution in [0.25, 0.3) is 5.69 Å². The van der Waals surface area contributed by atoms with Crippen molar-refractivity contribution in [2.24, 2.45) is 5.10 Å². The SMILES string of the molecule is Cc1nn(-c2ccccc2)c(C)c1/C=N\NC(=O)c1ccc([N+](=O)[O-])cc1. The highest BCUT2D eigenvalue weighted by molar-refractivity contribution is 5.95. The highest BCUT2D eigenvalue weighted by Gasteiger charge is 2.12. The monoisotopic (exact) mass is 363 g/mol. The quantitative estimate of drug-likeness (QED) is 0.427. The standard InChI is InChI=1S/C19H17N5O3/c1-13-18(14(2)23(22-13)16-6-4-3-5-7-16)12-20-21-19(25)15-8-10-17(11-9-15)24(26)27/h3-12H,1-2H3,(H,21,25)/b20-12-. The molecule has 0 radical (unpaired) electrons. The van der Waals surface area contributed by atoms with Crippen LogP contribution in [0, 0.1) is 24.0 Å². The molecule has 8 nitrogen and oxygen atoms in total.